The Morgan fingerprint density at radius 2 is 1.89 bits per heavy atom. The van der Waals surface area contributed by atoms with E-state index in [0.29, 0.717) is 13.0 Å². The van der Waals surface area contributed by atoms with Crippen molar-refractivity contribution in [2.24, 2.45) is 0 Å². The van der Waals surface area contributed by atoms with Crippen molar-refractivity contribution in [3.05, 3.63) is 76.6 Å². The minimum absolute atomic E-state index is 0.0911. The van der Waals surface area contributed by atoms with E-state index in [1.54, 1.807) is 0 Å². The second kappa shape index (κ2) is 8.29. The lowest BCUT2D eigenvalue weighted by Gasteiger charge is -2.39. The molecule has 0 radical (unpaired) electrons. The fourth-order valence-electron chi connectivity index (χ4n) is 3.41. The number of anilines is 1. The molecule has 3 aromatic rings. The van der Waals surface area contributed by atoms with E-state index in [-0.39, 0.29) is 11.9 Å². The van der Waals surface area contributed by atoms with Gasteiger partial charge in [0.15, 0.2) is 0 Å². The first kappa shape index (κ1) is 18.9. The van der Waals surface area contributed by atoms with Gasteiger partial charge in [-0.15, -0.1) is 0 Å². The van der Waals surface area contributed by atoms with Crippen molar-refractivity contribution in [3.8, 4) is 0 Å². The van der Waals surface area contributed by atoms with Crippen molar-refractivity contribution in [2.45, 2.75) is 19.4 Å². The molecule has 2 heterocycles. The highest BCUT2D eigenvalue weighted by Gasteiger charge is 2.29. The van der Waals surface area contributed by atoms with Crippen LogP contribution in [0.4, 0.5) is 5.13 Å². The number of benzene rings is 2. The number of amides is 1. The highest BCUT2D eigenvalue weighted by atomic mass is 35.5. The topological polar surface area (TPSA) is 49.3 Å². The molecule has 1 fully saturated rings. The van der Waals surface area contributed by atoms with Gasteiger partial charge < -0.3 is 9.80 Å². The van der Waals surface area contributed by atoms with E-state index in [4.69, 9.17) is 16.6 Å². The highest BCUT2D eigenvalue weighted by molar-refractivity contribution is 7.09. The quantitative estimate of drug-likeness (QED) is 0.646. The predicted octanol–water partition coefficient (Wildman–Crippen LogP) is 4.13. The van der Waals surface area contributed by atoms with Gasteiger partial charge in [0.05, 0.1) is 0 Å². The summed E-state index contributed by atoms with van der Waals surface area (Å²) in [6, 6.07) is 17.3. The second-order valence-corrected chi connectivity index (χ2v) is 8.12. The normalized spacial score (nSPS) is 17.0. The number of carbonyl (C=O) groups is 1. The zero-order valence-corrected chi connectivity index (χ0v) is 17.2. The summed E-state index contributed by atoms with van der Waals surface area (Å²) in [4.78, 5) is 21.6. The summed E-state index contributed by atoms with van der Waals surface area (Å²) in [5.74, 6) is 0.909. The van der Waals surface area contributed by atoms with Gasteiger partial charge in [-0.3, -0.25) is 4.79 Å². The van der Waals surface area contributed by atoms with Crippen LogP contribution in [0, 0.1) is 0 Å². The Hall–Kier alpha value is -2.44. The Bertz CT molecular complexity index is 945. The average Bonchev–Trinajstić information content (AvgIpc) is 3.18. The number of rotatable bonds is 4. The van der Waals surface area contributed by atoms with Crippen LogP contribution in [0.5, 0.6) is 0 Å². The van der Waals surface area contributed by atoms with E-state index in [1.807, 2.05) is 59.5 Å². The zero-order chi connectivity index (χ0) is 19.5. The molecule has 4 rings (SSSR count). The summed E-state index contributed by atoms with van der Waals surface area (Å²) in [6.45, 7) is 4.29. The van der Waals surface area contributed by atoms with Crippen LogP contribution in [0.3, 0.4) is 0 Å². The Balaban J connectivity index is 1.40. The van der Waals surface area contributed by atoms with Gasteiger partial charge in [-0.1, -0.05) is 41.9 Å². The van der Waals surface area contributed by atoms with E-state index in [9.17, 15) is 4.79 Å². The summed E-state index contributed by atoms with van der Waals surface area (Å²) < 4.78 is 4.51. The van der Waals surface area contributed by atoms with Crippen molar-refractivity contribution >= 4 is 34.2 Å². The maximum absolute atomic E-state index is 12.8. The minimum Gasteiger partial charge on any atom is -0.343 e. The van der Waals surface area contributed by atoms with E-state index in [0.717, 1.165) is 40.2 Å². The van der Waals surface area contributed by atoms with E-state index in [1.165, 1.54) is 11.5 Å². The Labute approximate surface area is 173 Å². The fourth-order valence-corrected chi connectivity index (χ4v) is 4.26. The fraction of sp³-hybridized carbons (Fsp3) is 0.286. The summed E-state index contributed by atoms with van der Waals surface area (Å²) in [6.07, 6.45) is 0.690. The Morgan fingerprint density at radius 1 is 1.14 bits per heavy atom. The molecule has 1 amide bonds. The summed E-state index contributed by atoms with van der Waals surface area (Å²) in [5, 5.41) is 1.65. The van der Waals surface area contributed by atoms with Gasteiger partial charge in [-0.2, -0.15) is 4.37 Å². The first-order chi connectivity index (χ1) is 13.6. The monoisotopic (exact) mass is 412 g/mol. The SMILES string of the molecule is CC1CN(c2nc(Cc3ccc(Cl)cc3)ns2)CCN1C(=O)c1ccccc1. The molecule has 1 atom stereocenters. The van der Waals surface area contributed by atoms with Crippen LogP contribution in [0.25, 0.3) is 0 Å². The molecule has 5 nitrogen and oxygen atoms in total. The summed E-state index contributed by atoms with van der Waals surface area (Å²) in [5.41, 5.74) is 1.88. The van der Waals surface area contributed by atoms with Crippen LogP contribution in [0.15, 0.2) is 54.6 Å². The molecule has 1 saturated heterocycles. The maximum atomic E-state index is 12.8. The second-order valence-electron chi connectivity index (χ2n) is 6.96. The number of halogens is 1. The van der Waals surface area contributed by atoms with Gasteiger partial charge in [0.2, 0.25) is 5.13 Å². The van der Waals surface area contributed by atoms with Crippen LogP contribution in [-0.4, -0.2) is 45.8 Å². The molecule has 144 valence electrons. The summed E-state index contributed by atoms with van der Waals surface area (Å²) in [7, 11) is 0. The van der Waals surface area contributed by atoms with Crippen LogP contribution in [0.1, 0.15) is 28.7 Å². The number of piperazine rings is 1. The van der Waals surface area contributed by atoms with Gasteiger partial charge in [0.1, 0.15) is 5.82 Å². The molecule has 1 aliphatic heterocycles. The predicted molar refractivity (Wildman–Crippen MR) is 113 cm³/mol. The Morgan fingerprint density at radius 3 is 2.61 bits per heavy atom. The van der Waals surface area contributed by atoms with Crippen molar-refractivity contribution in [1.82, 2.24) is 14.3 Å². The number of aromatic nitrogens is 2. The highest BCUT2D eigenvalue weighted by Crippen LogP contribution is 2.23. The molecule has 1 unspecified atom stereocenters. The van der Waals surface area contributed by atoms with Gasteiger partial charge in [-0.25, -0.2) is 4.98 Å². The molecular formula is C21H21ClN4OS. The Kier molecular flexibility index (Phi) is 5.59. The number of nitrogens with zero attached hydrogens (tertiary/aromatic N) is 4. The standard InChI is InChI=1S/C21H21ClN4OS/c1-15-14-25(11-12-26(15)20(27)17-5-3-2-4-6-17)21-23-19(24-28-21)13-16-7-9-18(22)10-8-16/h2-10,15H,11-14H2,1H3. The molecular weight excluding hydrogens is 392 g/mol. The minimum atomic E-state index is 0.0911. The smallest absolute Gasteiger partial charge is 0.254 e. The lowest BCUT2D eigenvalue weighted by Crippen LogP contribution is -2.54. The third kappa shape index (κ3) is 4.18. The molecule has 0 saturated carbocycles. The molecule has 0 aliphatic carbocycles. The van der Waals surface area contributed by atoms with Crippen LogP contribution in [0.2, 0.25) is 5.02 Å². The van der Waals surface area contributed by atoms with E-state index >= 15 is 0 Å². The molecule has 7 heteroatoms. The molecule has 0 N–H and O–H groups in total. The van der Waals surface area contributed by atoms with Gasteiger partial charge in [0, 0.05) is 54.2 Å². The van der Waals surface area contributed by atoms with E-state index < -0.39 is 0 Å². The molecule has 1 aliphatic rings. The third-order valence-corrected chi connectivity index (χ3v) is 5.98. The first-order valence-electron chi connectivity index (χ1n) is 9.28. The van der Waals surface area contributed by atoms with Crippen molar-refractivity contribution in [3.63, 3.8) is 0 Å². The lowest BCUT2D eigenvalue weighted by molar-refractivity contribution is 0.0674. The van der Waals surface area contributed by atoms with Gasteiger partial charge in [0.25, 0.3) is 5.91 Å². The third-order valence-electron chi connectivity index (χ3n) is 4.91. The number of hydrogen-bond donors (Lipinski definition) is 0. The average molecular weight is 413 g/mol. The van der Waals surface area contributed by atoms with Crippen LogP contribution < -0.4 is 4.90 Å². The zero-order valence-electron chi connectivity index (χ0n) is 15.6. The molecule has 2 aromatic carbocycles. The van der Waals surface area contributed by atoms with Gasteiger partial charge >= 0.3 is 0 Å². The van der Waals surface area contributed by atoms with Gasteiger partial charge in [-0.05, 0) is 36.8 Å². The van der Waals surface area contributed by atoms with Crippen molar-refractivity contribution < 1.29 is 4.79 Å². The van der Waals surface area contributed by atoms with Crippen molar-refractivity contribution in [1.29, 1.82) is 0 Å². The number of hydrogen-bond acceptors (Lipinski definition) is 5. The molecule has 0 spiro atoms. The van der Waals surface area contributed by atoms with Crippen LogP contribution >= 0.6 is 23.1 Å². The van der Waals surface area contributed by atoms with Crippen molar-refractivity contribution in [2.75, 3.05) is 24.5 Å². The number of carbonyl (C=O) groups excluding carboxylic acids is 1. The maximum Gasteiger partial charge on any atom is 0.254 e. The van der Waals surface area contributed by atoms with Crippen LogP contribution in [-0.2, 0) is 6.42 Å². The summed E-state index contributed by atoms with van der Waals surface area (Å²) >= 11 is 7.37. The molecule has 28 heavy (non-hydrogen) atoms. The largest absolute Gasteiger partial charge is 0.343 e. The molecule has 0 bridgehead atoms. The lowest BCUT2D eigenvalue weighted by atomic mass is 10.1. The van der Waals surface area contributed by atoms with E-state index in [2.05, 4.69) is 16.2 Å². The first-order valence-corrected chi connectivity index (χ1v) is 10.4. The molecule has 1 aromatic heterocycles.